The van der Waals surface area contributed by atoms with E-state index in [2.05, 4.69) is 41.8 Å². The smallest absolute Gasteiger partial charge is 0.315 e. The molecule has 0 radical (unpaired) electrons. The lowest BCUT2D eigenvalue weighted by atomic mass is 10.1. The molecule has 2 N–H and O–H groups in total. The van der Waals surface area contributed by atoms with Crippen LogP contribution in [0.15, 0.2) is 24.3 Å². The van der Waals surface area contributed by atoms with E-state index in [-0.39, 0.29) is 12.1 Å². The van der Waals surface area contributed by atoms with Gasteiger partial charge in [-0.2, -0.15) is 0 Å². The summed E-state index contributed by atoms with van der Waals surface area (Å²) in [5.74, 6) is 0. The highest BCUT2D eigenvalue weighted by atomic mass is 16.2. The molecule has 0 aliphatic heterocycles. The maximum atomic E-state index is 11.5. The minimum absolute atomic E-state index is 0.0396. The molecule has 0 spiro atoms. The van der Waals surface area contributed by atoms with Gasteiger partial charge in [-0.1, -0.05) is 38.1 Å². The van der Waals surface area contributed by atoms with Crippen molar-refractivity contribution in [3.8, 4) is 0 Å². The summed E-state index contributed by atoms with van der Waals surface area (Å²) in [5, 5.41) is 5.72. The number of carbonyl (C=O) groups excluding carboxylic acids is 1. The molecular weight excluding hydrogens is 212 g/mol. The first-order valence-corrected chi connectivity index (χ1v) is 6.30. The topological polar surface area (TPSA) is 41.1 Å². The number of hydrogen-bond donors (Lipinski definition) is 2. The third-order valence-corrected chi connectivity index (χ3v) is 2.77. The van der Waals surface area contributed by atoms with Crippen LogP contribution in [0.4, 0.5) is 4.79 Å². The zero-order valence-electron chi connectivity index (χ0n) is 10.9. The molecular formula is C14H22N2O. The monoisotopic (exact) mass is 234 g/mol. The highest BCUT2D eigenvalue weighted by molar-refractivity contribution is 5.74. The summed E-state index contributed by atoms with van der Waals surface area (Å²) in [4.78, 5) is 11.5. The Bertz CT molecular complexity index is 346. The summed E-state index contributed by atoms with van der Waals surface area (Å²) >= 11 is 0. The number of nitrogens with one attached hydrogen (secondary N) is 2. The maximum absolute atomic E-state index is 11.5. The highest BCUT2D eigenvalue weighted by Crippen LogP contribution is 2.13. The molecule has 17 heavy (non-hydrogen) atoms. The van der Waals surface area contributed by atoms with Crippen molar-refractivity contribution < 1.29 is 4.79 Å². The van der Waals surface area contributed by atoms with Crippen molar-refractivity contribution in [2.45, 2.75) is 39.7 Å². The Kier molecular flexibility index (Phi) is 5.53. The Morgan fingerprint density at radius 2 is 1.88 bits per heavy atom. The lowest BCUT2D eigenvalue weighted by Crippen LogP contribution is -2.37. The van der Waals surface area contributed by atoms with Crippen LogP contribution < -0.4 is 10.6 Å². The van der Waals surface area contributed by atoms with Crippen molar-refractivity contribution in [2.75, 3.05) is 6.54 Å². The minimum atomic E-state index is -0.0982. The molecule has 0 heterocycles. The fourth-order valence-corrected chi connectivity index (χ4v) is 1.61. The van der Waals surface area contributed by atoms with Crippen molar-refractivity contribution in [1.82, 2.24) is 10.6 Å². The molecule has 2 amide bonds. The van der Waals surface area contributed by atoms with Gasteiger partial charge in [-0.15, -0.1) is 0 Å². The van der Waals surface area contributed by atoms with Crippen molar-refractivity contribution in [3.63, 3.8) is 0 Å². The van der Waals surface area contributed by atoms with Gasteiger partial charge < -0.3 is 10.6 Å². The molecule has 0 bridgehead atoms. The summed E-state index contributed by atoms with van der Waals surface area (Å²) < 4.78 is 0. The third-order valence-electron chi connectivity index (χ3n) is 2.77. The van der Waals surface area contributed by atoms with E-state index in [1.54, 1.807) is 0 Å². The molecule has 94 valence electrons. The molecule has 0 saturated heterocycles. The lowest BCUT2D eigenvalue weighted by Gasteiger charge is -2.15. The maximum Gasteiger partial charge on any atom is 0.315 e. The van der Waals surface area contributed by atoms with E-state index in [1.165, 1.54) is 5.56 Å². The van der Waals surface area contributed by atoms with Gasteiger partial charge in [0.1, 0.15) is 0 Å². The number of aryl methyl sites for hydroxylation is 1. The van der Waals surface area contributed by atoms with E-state index in [1.807, 2.05) is 13.8 Å². The Morgan fingerprint density at radius 3 is 2.41 bits per heavy atom. The van der Waals surface area contributed by atoms with Gasteiger partial charge in [0, 0.05) is 6.54 Å². The first-order chi connectivity index (χ1) is 8.17. The number of hydrogen-bond acceptors (Lipinski definition) is 1. The second kappa shape index (κ2) is 6.94. The third kappa shape index (κ3) is 4.47. The average molecular weight is 234 g/mol. The van der Waals surface area contributed by atoms with Gasteiger partial charge in [0.05, 0.1) is 6.04 Å². The van der Waals surface area contributed by atoms with Gasteiger partial charge in [-0.3, -0.25) is 0 Å². The molecule has 0 aliphatic carbocycles. The Balaban J connectivity index is 2.51. The lowest BCUT2D eigenvalue weighted by molar-refractivity contribution is 0.238. The van der Waals surface area contributed by atoms with Crippen LogP contribution in [0.25, 0.3) is 0 Å². The van der Waals surface area contributed by atoms with Crippen molar-refractivity contribution in [3.05, 3.63) is 35.4 Å². The van der Waals surface area contributed by atoms with Crippen LogP contribution in [-0.2, 0) is 6.42 Å². The molecule has 1 aromatic carbocycles. The molecule has 0 fully saturated rings. The van der Waals surface area contributed by atoms with Gasteiger partial charge in [0.15, 0.2) is 0 Å². The van der Waals surface area contributed by atoms with Gasteiger partial charge in [-0.25, -0.2) is 4.79 Å². The number of urea groups is 1. The van der Waals surface area contributed by atoms with Crippen LogP contribution in [0.2, 0.25) is 0 Å². The van der Waals surface area contributed by atoms with Gasteiger partial charge >= 0.3 is 6.03 Å². The minimum Gasteiger partial charge on any atom is -0.338 e. The summed E-state index contributed by atoms with van der Waals surface area (Å²) in [7, 11) is 0. The second-order valence-corrected chi connectivity index (χ2v) is 4.22. The summed E-state index contributed by atoms with van der Waals surface area (Å²) in [6, 6.07) is 8.30. The van der Waals surface area contributed by atoms with E-state index < -0.39 is 0 Å². The molecule has 1 atom stereocenters. The molecule has 0 saturated carbocycles. The SMILES string of the molecule is CCCNC(=O)N[C@H](C)c1ccc(CC)cc1. The summed E-state index contributed by atoms with van der Waals surface area (Å²) in [6.07, 6.45) is 1.99. The average Bonchev–Trinajstić information content (AvgIpc) is 2.36. The molecule has 1 aromatic rings. The Labute approximate surface area is 104 Å². The normalized spacial score (nSPS) is 11.9. The van der Waals surface area contributed by atoms with Crippen LogP contribution in [0.3, 0.4) is 0 Å². The fourth-order valence-electron chi connectivity index (χ4n) is 1.61. The van der Waals surface area contributed by atoms with E-state index in [0.29, 0.717) is 6.54 Å². The van der Waals surface area contributed by atoms with Crippen LogP contribution in [0.5, 0.6) is 0 Å². The highest BCUT2D eigenvalue weighted by Gasteiger charge is 2.08. The zero-order valence-corrected chi connectivity index (χ0v) is 10.9. The first kappa shape index (κ1) is 13.6. The number of rotatable bonds is 5. The Hall–Kier alpha value is -1.51. The fraction of sp³-hybridized carbons (Fsp3) is 0.500. The van der Waals surface area contributed by atoms with Gasteiger partial charge in [-0.05, 0) is 30.9 Å². The quantitative estimate of drug-likeness (QED) is 0.808. The molecule has 0 aliphatic rings. The predicted octanol–water partition coefficient (Wildman–Crippen LogP) is 3.02. The predicted molar refractivity (Wildman–Crippen MR) is 71.1 cm³/mol. The summed E-state index contributed by atoms with van der Waals surface area (Å²) in [6.45, 7) is 6.88. The van der Waals surface area contributed by atoms with Crippen LogP contribution in [0.1, 0.15) is 44.4 Å². The van der Waals surface area contributed by atoms with Gasteiger partial charge in [0.25, 0.3) is 0 Å². The van der Waals surface area contributed by atoms with Gasteiger partial charge in [0.2, 0.25) is 0 Å². The van der Waals surface area contributed by atoms with Crippen LogP contribution in [-0.4, -0.2) is 12.6 Å². The summed E-state index contributed by atoms with van der Waals surface area (Å²) in [5.41, 5.74) is 2.45. The zero-order chi connectivity index (χ0) is 12.7. The second-order valence-electron chi connectivity index (χ2n) is 4.22. The molecule has 1 rings (SSSR count). The van der Waals surface area contributed by atoms with Crippen LogP contribution in [0, 0.1) is 0 Å². The standard InChI is InChI=1S/C14H22N2O/c1-4-10-15-14(17)16-11(3)13-8-6-12(5-2)7-9-13/h6-9,11H,4-5,10H2,1-3H3,(H2,15,16,17)/t11-/m1/s1. The molecule has 3 nitrogen and oxygen atoms in total. The number of carbonyl (C=O) groups is 1. The van der Waals surface area contributed by atoms with Crippen molar-refractivity contribution in [2.24, 2.45) is 0 Å². The largest absolute Gasteiger partial charge is 0.338 e. The molecule has 0 unspecified atom stereocenters. The first-order valence-electron chi connectivity index (χ1n) is 6.30. The van der Waals surface area contributed by atoms with E-state index in [4.69, 9.17) is 0 Å². The number of benzene rings is 1. The number of amides is 2. The van der Waals surface area contributed by atoms with E-state index in [0.717, 1.165) is 18.4 Å². The van der Waals surface area contributed by atoms with Crippen molar-refractivity contribution >= 4 is 6.03 Å². The van der Waals surface area contributed by atoms with Crippen molar-refractivity contribution in [1.29, 1.82) is 0 Å². The Morgan fingerprint density at radius 1 is 1.24 bits per heavy atom. The van der Waals surface area contributed by atoms with E-state index in [9.17, 15) is 4.79 Å². The van der Waals surface area contributed by atoms with Crippen LogP contribution >= 0.6 is 0 Å². The van der Waals surface area contributed by atoms with E-state index >= 15 is 0 Å². The molecule has 3 heteroatoms. The molecule has 0 aromatic heterocycles.